The van der Waals surface area contributed by atoms with Crippen molar-refractivity contribution < 1.29 is 9.59 Å². The zero-order valence-corrected chi connectivity index (χ0v) is 14.5. The number of carbonyl (C=O) groups excluding carboxylic acids is 2. The number of aliphatic imine (C=N–C) groups is 1. The van der Waals surface area contributed by atoms with Gasteiger partial charge in [-0.1, -0.05) is 37.3 Å². The first-order valence-corrected chi connectivity index (χ1v) is 8.38. The van der Waals surface area contributed by atoms with Crippen LogP contribution in [0.1, 0.15) is 12.5 Å². The maximum Gasteiger partial charge on any atom is 0.251 e. The van der Waals surface area contributed by atoms with Gasteiger partial charge < -0.3 is 5.32 Å². The Kier molecular flexibility index (Phi) is 5.00. The van der Waals surface area contributed by atoms with Crippen molar-refractivity contribution in [3.05, 3.63) is 60.2 Å². The van der Waals surface area contributed by atoms with Crippen molar-refractivity contribution in [1.82, 2.24) is 5.32 Å². The molecule has 1 saturated heterocycles. The van der Waals surface area contributed by atoms with Gasteiger partial charge in [0.2, 0.25) is 5.91 Å². The van der Waals surface area contributed by atoms with Crippen LogP contribution in [0.15, 0.2) is 59.6 Å². The van der Waals surface area contributed by atoms with E-state index in [1.165, 1.54) is 16.7 Å². The van der Waals surface area contributed by atoms with Crippen LogP contribution in [-0.4, -0.2) is 23.1 Å². The molecule has 6 heteroatoms. The lowest BCUT2D eigenvalue weighted by atomic mass is 10.1. The van der Waals surface area contributed by atoms with Gasteiger partial charge in [-0.05, 0) is 48.5 Å². The minimum absolute atomic E-state index is 0.0816. The van der Waals surface area contributed by atoms with Gasteiger partial charge in [-0.25, -0.2) is 0 Å². The average molecular weight is 351 g/mol. The molecule has 1 aliphatic heterocycles. The standard InChI is InChI=1S/C19H17N3O2S/c1-2-13-8-10-14(11-9-13)20-12-16-17(23)21-19(25)22(18(16)24)15-6-4-3-5-7-15/h3-12,16H,2H2,1H3,(H,21,23,25)/t16-/m0/s1. The highest BCUT2D eigenvalue weighted by Gasteiger charge is 2.38. The fourth-order valence-electron chi connectivity index (χ4n) is 2.52. The molecule has 0 unspecified atom stereocenters. The predicted molar refractivity (Wildman–Crippen MR) is 102 cm³/mol. The Balaban J connectivity index is 1.84. The predicted octanol–water partition coefficient (Wildman–Crippen LogP) is 3.02. The number of carbonyl (C=O) groups is 2. The lowest BCUT2D eigenvalue weighted by Gasteiger charge is -2.30. The zero-order valence-electron chi connectivity index (χ0n) is 13.7. The van der Waals surface area contributed by atoms with Crippen molar-refractivity contribution in [1.29, 1.82) is 0 Å². The van der Waals surface area contributed by atoms with E-state index in [4.69, 9.17) is 12.2 Å². The summed E-state index contributed by atoms with van der Waals surface area (Å²) >= 11 is 5.15. The number of hydrogen-bond donors (Lipinski definition) is 1. The molecule has 126 valence electrons. The summed E-state index contributed by atoms with van der Waals surface area (Å²) in [5.74, 6) is -1.89. The topological polar surface area (TPSA) is 61.8 Å². The Morgan fingerprint density at radius 2 is 1.80 bits per heavy atom. The number of anilines is 1. The average Bonchev–Trinajstić information content (AvgIpc) is 2.62. The highest BCUT2D eigenvalue weighted by molar-refractivity contribution is 7.80. The van der Waals surface area contributed by atoms with E-state index in [1.54, 1.807) is 24.3 Å². The molecule has 0 radical (unpaired) electrons. The Labute approximate surface area is 151 Å². The number of hydrogen-bond acceptors (Lipinski definition) is 4. The van der Waals surface area contributed by atoms with Crippen LogP contribution in [0.2, 0.25) is 0 Å². The summed E-state index contributed by atoms with van der Waals surface area (Å²) in [6.07, 6.45) is 2.31. The van der Waals surface area contributed by atoms with Crippen LogP contribution in [0.25, 0.3) is 0 Å². The quantitative estimate of drug-likeness (QED) is 0.523. The third kappa shape index (κ3) is 3.64. The molecule has 3 rings (SSSR count). The number of rotatable bonds is 4. The fraction of sp³-hybridized carbons (Fsp3) is 0.158. The smallest absolute Gasteiger partial charge is 0.251 e. The first-order chi connectivity index (χ1) is 12.1. The minimum atomic E-state index is -1.02. The molecule has 5 nitrogen and oxygen atoms in total. The van der Waals surface area contributed by atoms with E-state index >= 15 is 0 Å². The van der Waals surface area contributed by atoms with Crippen molar-refractivity contribution in [2.24, 2.45) is 10.9 Å². The summed E-state index contributed by atoms with van der Waals surface area (Å²) in [6, 6.07) is 16.7. The van der Waals surface area contributed by atoms with Crippen LogP contribution in [-0.2, 0) is 16.0 Å². The molecule has 1 atom stereocenters. The Morgan fingerprint density at radius 3 is 2.44 bits per heavy atom. The van der Waals surface area contributed by atoms with Gasteiger partial charge in [0.25, 0.3) is 5.91 Å². The summed E-state index contributed by atoms with van der Waals surface area (Å²) in [5, 5.41) is 2.65. The van der Waals surface area contributed by atoms with Gasteiger partial charge in [-0.15, -0.1) is 0 Å². The maximum atomic E-state index is 12.8. The highest BCUT2D eigenvalue weighted by atomic mass is 32.1. The molecule has 0 bridgehead atoms. The number of para-hydroxylation sites is 1. The molecular formula is C19H17N3O2S. The first kappa shape index (κ1) is 17.0. The molecule has 0 aliphatic carbocycles. The van der Waals surface area contributed by atoms with Crippen molar-refractivity contribution in [2.45, 2.75) is 13.3 Å². The number of aryl methyl sites for hydroxylation is 1. The van der Waals surface area contributed by atoms with Crippen molar-refractivity contribution in [3.63, 3.8) is 0 Å². The molecular weight excluding hydrogens is 334 g/mol. The van der Waals surface area contributed by atoms with Gasteiger partial charge in [0, 0.05) is 6.21 Å². The van der Waals surface area contributed by atoms with E-state index in [2.05, 4.69) is 17.2 Å². The van der Waals surface area contributed by atoms with E-state index in [9.17, 15) is 9.59 Å². The molecule has 2 amide bonds. The van der Waals surface area contributed by atoms with E-state index in [0.717, 1.165) is 6.42 Å². The van der Waals surface area contributed by atoms with Crippen LogP contribution >= 0.6 is 12.2 Å². The minimum Gasteiger partial charge on any atom is -0.301 e. The largest absolute Gasteiger partial charge is 0.301 e. The molecule has 2 aromatic rings. The van der Waals surface area contributed by atoms with Gasteiger partial charge >= 0.3 is 0 Å². The van der Waals surface area contributed by atoms with Gasteiger partial charge in [0.1, 0.15) is 0 Å². The number of nitrogens with zero attached hydrogens (tertiary/aromatic N) is 2. The maximum absolute atomic E-state index is 12.8. The molecule has 1 heterocycles. The number of nitrogens with one attached hydrogen (secondary N) is 1. The molecule has 1 N–H and O–H groups in total. The fourth-order valence-corrected chi connectivity index (χ4v) is 2.82. The Bertz CT molecular complexity index is 832. The van der Waals surface area contributed by atoms with E-state index in [-0.39, 0.29) is 5.11 Å². The monoisotopic (exact) mass is 351 g/mol. The van der Waals surface area contributed by atoms with Crippen LogP contribution < -0.4 is 10.2 Å². The van der Waals surface area contributed by atoms with Crippen molar-refractivity contribution >= 4 is 46.7 Å². The SMILES string of the molecule is CCc1ccc(N=C[C@H]2C(=O)NC(=S)N(c3ccccc3)C2=O)cc1. The van der Waals surface area contributed by atoms with Gasteiger partial charge in [-0.3, -0.25) is 19.5 Å². The molecule has 25 heavy (non-hydrogen) atoms. The zero-order chi connectivity index (χ0) is 17.8. The third-order valence-electron chi connectivity index (χ3n) is 3.93. The summed E-state index contributed by atoms with van der Waals surface area (Å²) < 4.78 is 0. The number of benzene rings is 2. The summed E-state index contributed by atoms with van der Waals surface area (Å²) in [4.78, 5) is 30.5. The van der Waals surface area contributed by atoms with Crippen LogP contribution in [0.5, 0.6) is 0 Å². The lowest BCUT2D eigenvalue weighted by Crippen LogP contribution is -2.58. The second-order valence-electron chi connectivity index (χ2n) is 5.58. The third-order valence-corrected chi connectivity index (χ3v) is 4.22. The van der Waals surface area contributed by atoms with Gasteiger partial charge in [0.15, 0.2) is 11.0 Å². The van der Waals surface area contributed by atoms with Gasteiger partial charge in [-0.2, -0.15) is 0 Å². The lowest BCUT2D eigenvalue weighted by molar-refractivity contribution is -0.130. The summed E-state index contributed by atoms with van der Waals surface area (Å²) in [7, 11) is 0. The van der Waals surface area contributed by atoms with Crippen LogP contribution in [0.3, 0.4) is 0 Å². The number of amides is 2. The normalized spacial score (nSPS) is 17.9. The second-order valence-corrected chi connectivity index (χ2v) is 5.97. The molecule has 1 fully saturated rings. The highest BCUT2D eigenvalue weighted by Crippen LogP contribution is 2.21. The van der Waals surface area contributed by atoms with Crippen molar-refractivity contribution in [2.75, 3.05) is 4.90 Å². The summed E-state index contributed by atoms with van der Waals surface area (Å²) in [6.45, 7) is 2.07. The second kappa shape index (κ2) is 7.36. The van der Waals surface area contributed by atoms with Crippen LogP contribution in [0, 0.1) is 5.92 Å². The van der Waals surface area contributed by atoms with Crippen molar-refractivity contribution in [3.8, 4) is 0 Å². The molecule has 2 aromatic carbocycles. The molecule has 0 saturated carbocycles. The summed E-state index contributed by atoms with van der Waals surface area (Å²) in [5.41, 5.74) is 2.51. The van der Waals surface area contributed by atoms with Gasteiger partial charge in [0.05, 0.1) is 11.4 Å². The Hall–Kier alpha value is -2.86. The molecule has 0 aromatic heterocycles. The molecule has 1 aliphatic rings. The first-order valence-electron chi connectivity index (χ1n) is 7.97. The Morgan fingerprint density at radius 1 is 1.12 bits per heavy atom. The van der Waals surface area contributed by atoms with E-state index < -0.39 is 17.7 Å². The van der Waals surface area contributed by atoms with E-state index in [1.807, 2.05) is 30.3 Å². The van der Waals surface area contributed by atoms with E-state index in [0.29, 0.717) is 11.4 Å². The van der Waals surface area contributed by atoms with Crippen LogP contribution in [0.4, 0.5) is 11.4 Å². The number of thiocarbonyl (C=S) groups is 1. The molecule has 0 spiro atoms.